The Morgan fingerprint density at radius 1 is 1.13 bits per heavy atom. The highest BCUT2D eigenvalue weighted by molar-refractivity contribution is 8.76. The number of hydrazone groups is 1. The molecule has 1 aliphatic rings. The van der Waals surface area contributed by atoms with E-state index in [-0.39, 0.29) is 12.3 Å². The highest BCUT2D eigenvalue weighted by atomic mass is 33.1. The number of hydrogen-bond donors (Lipinski definition) is 3. The maximum Gasteiger partial charge on any atom is 0.490 e. The Morgan fingerprint density at radius 2 is 1.71 bits per heavy atom. The van der Waals surface area contributed by atoms with Gasteiger partial charge in [0, 0.05) is 42.3 Å². The average Bonchev–Trinajstić information content (AvgIpc) is 3.13. The van der Waals surface area contributed by atoms with Crippen molar-refractivity contribution in [1.82, 2.24) is 5.32 Å². The van der Waals surface area contributed by atoms with Gasteiger partial charge in [-0.15, -0.1) is 0 Å². The summed E-state index contributed by atoms with van der Waals surface area (Å²) in [5, 5.41) is 24.9. The number of alkyl halides is 3. The number of carbonyl (C=O) groups excluding carboxylic acids is 1. The third kappa shape index (κ3) is 11.0. The molecule has 0 radical (unpaired) electrons. The van der Waals surface area contributed by atoms with Gasteiger partial charge in [0.05, 0.1) is 12.1 Å². The second-order valence-electron chi connectivity index (χ2n) is 6.10. The van der Waals surface area contributed by atoms with Crippen molar-refractivity contribution in [2.24, 2.45) is 5.10 Å². The van der Waals surface area contributed by atoms with Crippen molar-refractivity contribution >= 4 is 50.8 Å². The molecule has 0 saturated carbocycles. The Morgan fingerprint density at radius 3 is 2.19 bits per heavy atom. The van der Waals surface area contributed by atoms with Gasteiger partial charge in [-0.05, 0) is 31.2 Å². The summed E-state index contributed by atoms with van der Waals surface area (Å²) in [4.78, 5) is 31.3. The summed E-state index contributed by atoms with van der Waals surface area (Å²) in [6.07, 6.45) is -3.94. The van der Waals surface area contributed by atoms with Gasteiger partial charge in [-0.3, -0.25) is 14.6 Å². The van der Waals surface area contributed by atoms with Crippen molar-refractivity contribution in [3.05, 3.63) is 29.8 Å². The zero-order valence-electron chi connectivity index (χ0n) is 16.5. The fourth-order valence-corrected chi connectivity index (χ4v) is 3.99. The van der Waals surface area contributed by atoms with Gasteiger partial charge in [0.1, 0.15) is 0 Å². The van der Waals surface area contributed by atoms with Crippen LogP contribution in [0.4, 0.5) is 18.9 Å². The third-order valence-corrected chi connectivity index (χ3v) is 6.01. The second kappa shape index (κ2) is 13.1. The molecule has 1 aliphatic heterocycles. The minimum absolute atomic E-state index is 0.0983. The van der Waals surface area contributed by atoms with E-state index in [4.69, 9.17) is 15.0 Å². The van der Waals surface area contributed by atoms with Crippen LogP contribution >= 0.6 is 21.6 Å². The second-order valence-corrected chi connectivity index (χ2v) is 8.80. The molecular formula is C18H22F3N3O5S2. The van der Waals surface area contributed by atoms with Gasteiger partial charge in [0.15, 0.2) is 0 Å². The number of carboxylic acid groups (broad SMARTS) is 2. The quantitative estimate of drug-likeness (QED) is 0.362. The Balaban J connectivity index is 0.000000592. The molecule has 0 aliphatic carbocycles. The van der Waals surface area contributed by atoms with Crippen molar-refractivity contribution in [3.8, 4) is 0 Å². The lowest BCUT2D eigenvalue weighted by atomic mass is 10.2. The van der Waals surface area contributed by atoms with Crippen LogP contribution in [0, 0.1) is 0 Å². The zero-order chi connectivity index (χ0) is 23.4. The fraction of sp³-hybridized carbons (Fsp3) is 0.444. The van der Waals surface area contributed by atoms with Gasteiger partial charge in [-0.1, -0.05) is 21.6 Å². The molecule has 13 heteroatoms. The van der Waals surface area contributed by atoms with Crippen molar-refractivity contribution < 1.29 is 37.8 Å². The summed E-state index contributed by atoms with van der Waals surface area (Å²) < 4.78 is 31.7. The number of nitrogens with one attached hydrogen (secondary N) is 1. The van der Waals surface area contributed by atoms with Crippen molar-refractivity contribution in [1.29, 1.82) is 0 Å². The molecule has 0 unspecified atom stereocenters. The monoisotopic (exact) mass is 481 g/mol. The summed E-state index contributed by atoms with van der Waals surface area (Å²) >= 11 is 0. The van der Waals surface area contributed by atoms with E-state index >= 15 is 0 Å². The summed E-state index contributed by atoms with van der Waals surface area (Å²) in [5.41, 5.74) is 2.74. The van der Waals surface area contributed by atoms with E-state index in [1.54, 1.807) is 10.8 Å². The van der Waals surface area contributed by atoms with E-state index < -0.39 is 18.1 Å². The Bertz CT molecular complexity index is 789. The van der Waals surface area contributed by atoms with Gasteiger partial charge in [-0.2, -0.15) is 18.3 Å². The highest BCUT2D eigenvalue weighted by Gasteiger charge is 2.38. The lowest BCUT2D eigenvalue weighted by Crippen LogP contribution is -2.25. The molecule has 0 spiro atoms. The normalized spacial score (nSPS) is 13.2. The Labute approximate surface area is 184 Å². The molecule has 8 nitrogen and oxygen atoms in total. The molecule has 1 aromatic rings. The van der Waals surface area contributed by atoms with Crippen LogP contribution < -0.4 is 10.3 Å². The first kappa shape index (κ1) is 26.6. The number of rotatable bonds is 9. The van der Waals surface area contributed by atoms with E-state index in [1.165, 1.54) is 10.8 Å². The van der Waals surface area contributed by atoms with Crippen molar-refractivity contribution in [2.75, 3.05) is 29.6 Å². The van der Waals surface area contributed by atoms with Crippen LogP contribution in [0.25, 0.3) is 0 Å². The molecule has 0 saturated heterocycles. The largest absolute Gasteiger partial charge is 0.490 e. The van der Waals surface area contributed by atoms with Crippen LogP contribution in [0.2, 0.25) is 0 Å². The molecule has 172 valence electrons. The minimum atomic E-state index is -5.08. The number of aliphatic carboxylic acids is 2. The van der Waals surface area contributed by atoms with Crippen LogP contribution in [0.15, 0.2) is 29.4 Å². The number of hydrogen-bond acceptors (Lipinski definition) is 7. The molecule has 31 heavy (non-hydrogen) atoms. The molecule has 1 aromatic carbocycles. The minimum Gasteiger partial charge on any atom is -0.481 e. The van der Waals surface area contributed by atoms with Gasteiger partial charge in [-0.25, -0.2) is 4.79 Å². The number of carbonyl (C=O) groups is 3. The van der Waals surface area contributed by atoms with Crippen LogP contribution in [0.1, 0.15) is 30.1 Å². The molecular weight excluding hydrogens is 459 g/mol. The van der Waals surface area contributed by atoms with Crippen LogP contribution in [-0.4, -0.2) is 64.5 Å². The number of amides is 1. The SMILES string of the molecule is CC1=NN(c2ccc(C(=O)NCCSSCCC(=O)O)cc2)CC1.O=C(O)C(F)(F)F. The van der Waals surface area contributed by atoms with Gasteiger partial charge in [0.25, 0.3) is 5.91 Å². The smallest absolute Gasteiger partial charge is 0.481 e. The summed E-state index contributed by atoms with van der Waals surface area (Å²) in [5.74, 6) is -2.31. The predicted molar refractivity (Wildman–Crippen MR) is 115 cm³/mol. The van der Waals surface area contributed by atoms with E-state index in [9.17, 15) is 22.8 Å². The Hall–Kier alpha value is -2.41. The standard InChI is InChI=1S/C16H21N3O3S2.C2HF3O2/c1-12-6-9-19(18-12)14-4-2-13(3-5-14)16(22)17-8-11-24-23-10-7-15(20)21;3-2(4,5)1(6)7/h2-5H,6-11H2,1H3,(H,17,22)(H,20,21);(H,6,7). The van der Waals surface area contributed by atoms with Crippen molar-refractivity contribution in [2.45, 2.75) is 25.9 Å². The highest BCUT2D eigenvalue weighted by Crippen LogP contribution is 2.21. The number of nitrogens with zero attached hydrogens (tertiary/aromatic N) is 2. The predicted octanol–water partition coefficient (Wildman–Crippen LogP) is 3.49. The lowest BCUT2D eigenvalue weighted by Gasteiger charge is -2.14. The molecule has 2 rings (SSSR count). The number of benzene rings is 1. The van der Waals surface area contributed by atoms with Gasteiger partial charge in [0.2, 0.25) is 0 Å². The summed E-state index contributed by atoms with van der Waals surface area (Å²) in [7, 11) is 3.08. The van der Waals surface area contributed by atoms with E-state index in [1.807, 2.05) is 36.2 Å². The maximum atomic E-state index is 12.1. The summed E-state index contributed by atoms with van der Waals surface area (Å²) in [6, 6.07) is 7.44. The number of carboxylic acids is 2. The van der Waals surface area contributed by atoms with E-state index in [2.05, 4.69) is 10.4 Å². The number of halogens is 3. The molecule has 0 atom stereocenters. The molecule has 1 heterocycles. The van der Waals surface area contributed by atoms with Gasteiger partial charge >= 0.3 is 18.1 Å². The molecule has 0 fully saturated rings. The van der Waals surface area contributed by atoms with E-state index in [0.29, 0.717) is 17.9 Å². The first-order chi connectivity index (χ1) is 14.5. The first-order valence-electron chi connectivity index (χ1n) is 8.97. The average molecular weight is 482 g/mol. The van der Waals surface area contributed by atoms with E-state index in [0.717, 1.165) is 30.1 Å². The maximum absolute atomic E-state index is 12.1. The number of anilines is 1. The van der Waals surface area contributed by atoms with Crippen LogP contribution in [-0.2, 0) is 9.59 Å². The topological polar surface area (TPSA) is 119 Å². The fourth-order valence-electron chi connectivity index (χ4n) is 2.10. The molecule has 0 aromatic heterocycles. The van der Waals surface area contributed by atoms with Crippen LogP contribution in [0.5, 0.6) is 0 Å². The lowest BCUT2D eigenvalue weighted by molar-refractivity contribution is -0.192. The molecule has 3 N–H and O–H groups in total. The first-order valence-corrected chi connectivity index (χ1v) is 11.5. The molecule has 0 bridgehead atoms. The zero-order valence-corrected chi connectivity index (χ0v) is 18.1. The van der Waals surface area contributed by atoms with Gasteiger partial charge < -0.3 is 15.5 Å². The van der Waals surface area contributed by atoms with Crippen LogP contribution in [0.3, 0.4) is 0 Å². The molecule has 1 amide bonds. The Kier molecular flexibility index (Phi) is 11.3. The van der Waals surface area contributed by atoms with Crippen molar-refractivity contribution in [3.63, 3.8) is 0 Å². The summed E-state index contributed by atoms with van der Waals surface area (Å²) in [6.45, 7) is 3.45. The third-order valence-electron chi connectivity index (χ3n) is 3.60.